The van der Waals surface area contributed by atoms with E-state index in [1.54, 1.807) is 17.0 Å². The summed E-state index contributed by atoms with van der Waals surface area (Å²) in [5, 5.41) is 0. The number of nitrogens with zero attached hydrogens (tertiary/aromatic N) is 1. The van der Waals surface area contributed by atoms with Gasteiger partial charge >= 0.3 is 0 Å². The number of nitrogens with two attached hydrogens (primary N) is 1. The third-order valence-corrected chi connectivity index (χ3v) is 4.19. The minimum absolute atomic E-state index is 0.0203. The molecule has 1 aliphatic heterocycles. The minimum atomic E-state index is -0.773. The predicted octanol–water partition coefficient (Wildman–Crippen LogP) is 0.201. The molecule has 0 atom stereocenters. The molecule has 0 unspecified atom stereocenters. The predicted molar refractivity (Wildman–Crippen MR) is 76.2 cm³/mol. The van der Waals surface area contributed by atoms with Gasteiger partial charge in [0.2, 0.25) is 0 Å². The van der Waals surface area contributed by atoms with Crippen LogP contribution in [0.4, 0.5) is 0 Å². The Morgan fingerprint density at radius 1 is 1.37 bits per heavy atom. The van der Waals surface area contributed by atoms with E-state index >= 15 is 0 Å². The van der Waals surface area contributed by atoms with Crippen molar-refractivity contribution in [2.24, 2.45) is 5.73 Å². The molecular formula is C14H16N2O2S. The normalized spacial score (nSPS) is 15.7. The van der Waals surface area contributed by atoms with Gasteiger partial charge in [0.05, 0.1) is 6.54 Å². The van der Waals surface area contributed by atoms with Crippen LogP contribution in [-0.2, 0) is 10.8 Å². The third-order valence-electron chi connectivity index (χ3n) is 2.91. The first-order valence-corrected chi connectivity index (χ1v) is 7.63. The SMILES string of the molecule is NCC#Cc1cccc(C(=O)N2CCS(=O)CC2)c1. The molecule has 1 aromatic rings. The molecule has 0 aliphatic carbocycles. The highest BCUT2D eigenvalue weighted by Crippen LogP contribution is 2.10. The second-order valence-electron chi connectivity index (χ2n) is 4.23. The van der Waals surface area contributed by atoms with E-state index in [4.69, 9.17) is 5.73 Å². The van der Waals surface area contributed by atoms with E-state index in [0.29, 0.717) is 36.7 Å². The minimum Gasteiger partial charge on any atom is -0.337 e. The molecule has 1 aromatic carbocycles. The number of benzene rings is 1. The van der Waals surface area contributed by atoms with Gasteiger partial charge in [-0.05, 0) is 18.2 Å². The molecule has 19 heavy (non-hydrogen) atoms. The van der Waals surface area contributed by atoms with Crippen molar-refractivity contribution in [3.05, 3.63) is 35.4 Å². The third kappa shape index (κ3) is 3.66. The molecule has 1 amide bonds. The molecular weight excluding hydrogens is 260 g/mol. The lowest BCUT2D eigenvalue weighted by Gasteiger charge is -2.26. The van der Waals surface area contributed by atoms with Crippen molar-refractivity contribution in [2.45, 2.75) is 0 Å². The molecule has 1 aliphatic rings. The Morgan fingerprint density at radius 2 is 2.11 bits per heavy atom. The highest BCUT2D eigenvalue weighted by atomic mass is 32.2. The average Bonchev–Trinajstić information content (AvgIpc) is 2.45. The van der Waals surface area contributed by atoms with Gasteiger partial charge < -0.3 is 10.6 Å². The molecule has 0 saturated carbocycles. The van der Waals surface area contributed by atoms with Crippen LogP contribution < -0.4 is 5.73 Å². The Kier molecular flexibility index (Phi) is 4.72. The molecule has 0 aromatic heterocycles. The zero-order valence-corrected chi connectivity index (χ0v) is 11.4. The molecule has 2 N–H and O–H groups in total. The van der Waals surface area contributed by atoms with E-state index in [1.165, 1.54) is 0 Å². The number of rotatable bonds is 1. The lowest BCUT2D eigenvalue weighted by molar-refractivity contribution is 0.0771. The molecule has 0 spiro atoms. The maximum Gasteiger partial charge on any atom is 0.253 e. The molecule has 0 radical (unpaired) electrons. The van der Waals surface area contributed by atoms with Crippen molar-refractivity contribution in [2.75, 3.05) is 31.1 Å². The van der Waals surface area contributed by atoms with Crippen molar-refractivity contribution < 1.29 is 9.00 Å². The van der Waals surface area contributed by atoms with Gasteiger partial charge in [-0.1, -0.05) is 17.9 Å². The van der Waals surface area contributed by atoms with E-state index in [1.807, 2.05) is 12.1 Å². The fourth-order valence-corrected chi connectivity index (χ4v) is 2.96. The summed E-state index contributed by atoms with van der Waals surface area (Å²) >= 11 is 0. The molecule has 0 bridgehead atoms. The Labute approximate surface area is 115 Å². The summed E-state index contributed by atoms with van der Waals surface area (Å²) in [6.07, 6.45) is 0. The molecule has 2 rings (SSSR count). The summed E-state index contributed by atoms with van der Waals surface area (Å²) in [7, 11) is -0.773. The highest BCUT2D eigenvalue weighted by Gasteiger charge is 2.21. The molecule has 100 valence electrons. The molecule has 5 heteroatoms. The van der Waals surface area contributed by atoms with E-state index in [0.717, 1.165) is 5.56 Å². The van der Waals surface area contributed by atoms with Crippen molar-refractivity contribution in [3.63, 3.8) is 0 Å². The lowest BCUT2D eigenvalue weighted by Crippen LogP contribution is -2.41. The number of hydrogen-bond donors (Lipinski definition) is 1. The number of carbonyl (C=O) groups is 1. The van der Waals surface area contributed by atoms with Crippen LogP contribution >= 0.6 is 0 Å². The summed E-state index contributed by atoms with van der Waals surface area (Å²) in [6, 6.07) is 7.22. The van der Waals surface area contributed by atoms with Crippen molar-refractivity contribution in [3.8, 4) is 11.8 Å². The van der Waals surface area contributed by atoms with Gasteiger partial charge in [0.1, 0.15) is 0 Å². The zero-order chi connectivity index (χ0) is 13.7. The van der Waals surface area contributed by atoms with Crippen molar-refractivity contribution >= 4 is 16.7 Å². The summed E-state index contributed by atoms with van der Waals surface area (Å²) < 4.78 is 11.3. The lowest BCUT2D eigenvalue weighted by atomic mass is 10.1. The van der Waals surface area contributed by atoms with Crippen molar-refractivity contribution in [1.29, 1.82) is 0 Å². The topological polar surface area (TPSA) is 63.4 Å². The number of hydrogen-bond acceptors (Lipinski definition) is 3. The summed E-state index contributed by atoms with van der Waals surface area (Å²) in [4.78, 5) is 14.0. The molecule has 1 heterocycles. The first kappa shape index (κ1) is 13.8. The van der Waals surface area contributed by atoms with Gasteiger partial charge in [-0.15, -0.1) is 0 Å². The quantitative estimate of drug-likeness (QED) is 0.745. The zero-order valence-electron chi connectivity index (χ0n) is 10.6. The monoisotopic (exact) mass is 276 g/mol. The van der Waals surface area contributed by atoms with Gasteiger partial charge in [-0.25, -0.2) is 0 Å². The second kappa shape index (κ2) is 6.50. The molecule has 1 fully saturated rings. The van der Waals surface area contributed by atoms with Crippen LogP contribution in [0, 0.1) is 11.8 Å². The summed E-state index contributed by atoms with van der Waals surface area (Å²) in [5.41, 5.74) is 6.74. The van der Waals surface area contributed by atoms with Crippen LogP contribution in [0.1, 0.15) is 15.9 Å². The first-order valence-electron chi connectivity index (χ1n) is 6.14. The van der Waals surface area contributed by atoms with E-state index in [-0.39, 0.29) is 5.91 Å². The van der Waals surface area contributed by atoms with Gasteiger partial charge in [0.25, 0.3) is 5.91 Å². The van der Waals surface area contributed by atoms with Gasteiger partial charge in [-0.2, -0.15) is 0 Å². The van der Waals surface area contributed by atoms with Crippen LogP contribution in [0.25, 0.3) is 0 Å². The summed E-state index contributed by atoms with van der Waals surface area (Å²) in [5.74, 6) is 6.80. The van der Waals surface area contributed by atoms with Crippen LogP contribution in [0.2, 0.25) is 0 Å². The van der Waals surface area contributed by atoms with Crippen molar-refractivity contribution in [1.82, 2.24) is 4.90 Å². The smallest absolute Gasteiger partial charge is 0.253 e. The summed E-state index contributed by atoms with van der Waals surface area (Å²) in [6.45, 7) is 1.42. The van der Waals surface area contributed by atoms with Crippen LogP contribution in [-0.4, -0.2) is 46.2 Å². The van der Waals surface area contributed by atoms with Gasteiger partial charge in [0, 0.05) is 46.5 Å². The Bertz CT molecular complexity index is 550. The highest BCUT2D eigenvalue weighted by molar-refractivity contribution is 7.85. The Hall–Kier alpha value is -1.64. The maximum absolute atomic E-state index is 12.3. The number of amides is 1. The van der Waals surface area contributed by atoms with E-state index in [2.05, 4.69) is 11.8 Å². The largest absolute Gasteiger partial charge is 0.337 e. The Morgan fingerprint density at radius 3 is 2.79 bits per heavy atom. The van der Waals surface area contributed by atoms with E-state index in [9.17, 15) is 9.00 Å². The molecule has 1 saturated heterocycles. The molecule has 4 nitrogen and oxygen atoms in total. The maximum atomic E-state index is 12.3. The van der Waals surface area contributed by atoms with Crippen LogP contribution in [0.5, 0.6) is 0 Å². The standard InChI is InChI=1S/C14H16N2O2S/c15-6-2-4-12-3-1-5-13(11-12)14(17)16-7-9-19(18)10-8-16/h1,3,5,11H,6-10,15H2. The Balaban J connectivity index is 2.12. The average molecular weight is 276 g/mol. The van der Waals surface area contributed by atoms with Crippen LogP contribution in [0.15, 0.2) is 24.3 Å². The first-order chi connectivity index (χ1) is 9.20. The van der Waals surface area contributed by atoms with Gasteiger partial charge in [-0.3, -0.25) is 9.00 Å². The van der Waals surface area contributed by atoms with E-state index < -0.39 is 10.8 Å². The fourth-order valence-electron chi connectivity index (χ4n) is 1.91. The van der Waals surface area contributed by atoms with Crippen LogP contribution in [0.3, 0.4) is 0 Å². The second-order valence-corrected chi connectivity index (χ2v) is 5.92. The number of carbonyl (C=O) groups excluding carboxylic acids is 1. The van der Waals surface area contributed by atoms with Gasteiger partial charge in [0.15, 0.2) is 0 Å². The fraction of sp³-hybridized carbons (Fsp3) is 0.357.